The normalized spacial score (nSPS) is 15.1. The standard InChI is InChI=1S/C8H10N4O2S/c1-4(13)6(9)8-11-7(12-14-8)5-2-15-3-10-5/h2-4,6,13H,9H2,1H3. The number of hydrogen-bond donors (Lipinski definition) is 2. The molecule has 0 bridgehead atoms. The summed E-state index contributed by atoms with van der Waals surface area (Å²) in [4.78, 5) is 8.09. The van der Waals surface area contributed by atoms with Crippen LogP contribution in [0.2, 0.25) is 0 Å². The van der Waals surface area contributed by atoms with Gasteiger partial charge in [0.2, 0.25) is 11.7 Å². The fraction of sp³-hybridized carbons (Fsp3) is 0.375. The van der Waals surface area contributed by atoms with E-state index < -0.39 is 12.1 Å². The van der Waals surface area contributed by atoms with Gasteiger partial charge in [-0.2, -0.15) is 4.98 Å². The van der Waals surface area contributed by atoms with Gasteiger partial charge in [0.25, 0.3) is 0 Å². The molecule has 0 saturated carbocycles. The second-order valence-corrected chi connectivity index (χ2v) is 3.81. The molecule has 0 saturated heterocycles. The molecule has 2 aromatic rings. The maximum Gasteiger partial charge on any atom is 0.246 e. The Bertz CT molecular complexity index is 426. The summed E-state index contributed by atoms with van der Waals surface area (Å²) in [6.45, 7) is 1.57. The molecule has 2 unspecified atom stereocenters. The molecule has 0 spiro atoms. The van der Waals surface area contributed by atoms with Crippen molar-refractivity contribution in [3.63, 3.8) is 0 Å². The number of hydrogen-bond acceptors (Lipinski definition) is 7. The lowest BCUT2D eigenvalue weighted by Crippen LogP contribution is -2.23. The van der Waals surface area contributed by atoms with Crippen LogP contribution in [0, 0.1) is 0 Å². The van der Waals surface area contributed by atoms with Gasteiger partial charge < -0.3 is 15.4 Å². The van der Waals surface area contributed by atoms with Crippen LogP contribution in [0.15, 0.2) is 15.4 Å². The monoisotopic (exact) mass is 226 g/mol. The Kier molecular flexibility index (Phi) is 2.76. The topological polar surface area (TPSA) is 98.1 Å². The molecule has 7 heteroatoms. The molecule has 0 amide bonds. The zero-order valence-electron chi connectivity index (χ0n) is 7.99. The van der Waals surface area contributed by atoms with Crippen molar-refractivity contribution in [3.8, 4) is 11.5 Å². The molecule has 80 valence electrons. The minimum absolute atomic E-state index is 0.216. The van der Waals surface area contributed by atoms with Crippen molar-refractivity contribution in [1.29, 1.82) is 0 Å². The first kappa shape index (κ1) is 10.2. The lowest BCUT2D eigenvalue weighted by atomic mass is 10.2. The minimum Gasteiger partial charge on any atom is -0.391 e. The first-order valence-electron chi connectivity index (χ1n) is 4.34. The molecule has 2 atom stereocenters. The molecule has 2 aromatic heterocycles. The van der Waals surface area contributed by atoms with Crippen molar-refractivity contribution in [2.45, 2.75) is 19.1 Å². The van der Waals surface area contributed by atoms with Crippen molar-refractivity contribution < 1.29 is 9.63 Å². The summed E-state index contributed by atoms with van der Waals surface area (Å²) in [5.74, 6) is 0.607. The number of nitrogens with zero attached hydrogens (tertiary/aromatic N) is 3. The van der Waals surface area contributed by atoms with Crippen molar-refractivity contribution in [2.75, 3.05) is 0 Å². The highest BCUT2D eigenvalue weighted by Gasteiger charge is 2.20. The number of nitrogens with two attached hydrogens (primary N) is 1. The number of aliphatic hydroxyl groups is 1. The van der Waals surface area contributed by atoms with E-state index in [0.717, 1.165) is 0 Å². The largest absolute Gasteiger partial charge is 0.391 e. The van der Waals surface area contributed by atoms with E-state index in [1.165, 1.54) is 11.3 Å². The predicted molar refractivity (Wildman–Crippen MR) is 54.0 cm³/mol. The van der Waals surface area contributed by atoms with Crippen LogP contribution in [0.25, 0.3) is 11.5 Å². The van der Waals surface area contributed by atoms with Gasteiger partial charge in [-0.25, -0.2) is 4.98 Å². The van der Waals surface area contributed by atoms with Gasteiger partial charge in [0.05, 0.1) is 11.6 Å². The van der Waals surface area contributed by atoms with Gasteiger partial charge in [-0.1, -0.05) is 5.16 Å². The van der Waals surface area contributed by atoms with Crippen LogP contribution in [-0.2, 0) is 0 Å². The number of aromatic nitrogens is 3. The molecular formula is C8H10N4O2S. The third-order valence-electron chi connectivity index (χ3n) is 1.91. The quantitative estimate of drug-likeness (QED) is 0.794. The first-order chi connectivity index (χ1) is 7.18. The van der Waals surface area contributed by atoms with E-state index in [2.05, 4.69) is 15.1 Å². The van der Waals surface area contributed by atoms with Gasteiger partial charge in [-0.15, -0.1) is 11.3 Å². The Labute approximate surface area is 89.8 Å². The van der Waals surface area contributed by atoms with Gasteiger partial charge >= 0.3 is 0 Å². The predicted octanol–water partition coefficient (Wildman–Crippen LogP) is 0.574. The van der Waals surface area contributed by atoms with E-state index >= 15 is 0 Å². The average molecular weight is 226 g/mol. The Morgan fingerprint density at radius 3 is 3.00 bits per heavy atom. The molecule has 0 fully saturated rings. The second-order valence-electron chi connectivity index (χ2n) is 3.10. The molecule has 2 heterocycles. The Morgan fingerprint density at radius 1 is 1.60 bits per heavy atom. The summed E-state index contributed by atoms with van der Waals surface area (Å²) in [5.41, 5.74) is 7.97. The van der Waals surface area contributed by atoms with Crippen LogP contribution in [0.1, 0.15) is 18.9 Å². The SMILES string of the molecule is CC(O)C(N)c1nc(-c2cscn2)no1. The second kappa shape index (κ2) is 4.05. The van der Waals surface area contributed by atoms with Crippen LogP contribution < -0.4 is 5.73 Å². The molecule has 0 aromatic carbocycles. The van der Waals surface area contributed by atoms with Crippen molar-refractivity contribution in [3.05, 3.63) is 16.8 Å². The fourth-order valence-corrected chi connectivity index (χ4v) is 1.53. The highest BCUT2D eigenvalue weighted by molar-refractivity contribution is 7.07. The smallest absolute Gasteiger partial charge is 0.246 e. The molecule has 3 N–H and O–H groups in total. The van der Waals surface area contributed by atoms with Crippen LogP contribution in [0.5, 0.6) is 0 Å². The summed E-state index contributed by atoms with van der Waals surface area (Å²) in [6.07, 6.45) is -0.728. The van der Waals surface area contributed by atoms with E-state index in [-0.39, 0.29) is 5.89 Å². The van der Waals surface area contributed by atoms with Gasteiger partial charge in [0.1, 0.15) is 11.7 Å². The maximum atomic E-state index is 9.25. The highest BCUT2D eigenvalue weighted by Crippen LogP contribution is 2.18. The molecule has 0 aliphatic carbocycles. The number of aliphatic hydroxyl groups excluding tert-OH is 1. The van der Waals surface area contributed by atoms with Crippen LogP contribution in [0.4, 0.5) is 0 Å². The van der Waals surface area contributed by atoms with Crippen LogP contribution in [0.3, 0.4) is 0 Å². The Hall–Kier alpha value is -1.31. The van der Waals surface area contributed by atoms with Crippen molar-refractivity contribution in [1.82, 2.24) is 15.1 Å². The summed E-state index contributed by atoms with van der Waals surface area (Å²) in [7, 11) is 0. The molecule has 6 nitrogen and oxygen atoms in total. The summed E-state index contributed by atoms with van der Waals surface area (Å²) in [5, 5.41) is 14.8. The zero-order chi connectivity index (χ0) is 10.8. The summed E-state index contributed by atoms with van der Waals surface area (Å²) in [6, 6.07) is -0.662. The van der Waals surface area contributed by atoms with Gasteiger partial charge in [-0.05, 0) is 6.92 Å². The highest BCUT2D eigenvalue weighted by atomic mass is 32.1. The van der Waals surface area contributed by atoms with Crippen LogP contribution in [-0.4, -0.2) is 26.3 Å². The van der Waals surface area contributed by atoms with E-state index in [0.29, 0.717) is 11.5 Å². The maximum absolute atomic E-state index is 9.25. The van der Waals surface area contributed by atoms with Crippen molar-refractivity contribution >= 4 is 11.3 Å². The van der Waals surface area contributed by atoms with E-state index in [1.54, 1.807) is 12.4 Å². The molecule has 0 radical (unpaired) electrons. The Morgan fingerprint density at radius 2 is 2.40 bits per heavy atom. The third kappa shape index (κ3) is 2.04. The zero-order valence-corrected chi connectivity index (χ0v) is 8.81. The number of thiazole rings is 1. The molecule has 15 heavy (non-hydrogen) atoms. The first-order valence-corrected chi connectivity index (χ1v) is 5.28. The van der Waals surface area contributed by atoms with E-state index in [9.17, 15) is 5.11 Å². The lowest BCUT2D eigenvalue weighted by molar-refractivity contribution is 0.146. The van der Waals surface area contributed by atoms with Crippen LogP contribution >= 0.6 is 11.3 Å². The summed E-state index contributed by atoms with van der Waals surface area (Å²) >= 11 is 1.44. The Balaban J connectivity index is 2.25. The molecule has 0 aliphatic heterocycles. The lowest BCUT2D eigenvalue weighted by Gasteiger charge is -2.08. The van der Waals surface area contributed by atoms with Gasteiger partial charge in [-0.3, -0.25) is 0 Å². The fourth-order valence-electron chi connectivity index (χ4n) is 1.00. The van der Waals surface area contributed by atoms with Gasteiger partial charge in [0, 0.05) is 5.38 Å². The van der Waals surface area contributed by atoms with Crippen molar-refractivity contribution in [2.24, 2.45) is 5.73 Å². The summed E-state index contributed by atoms with van der Waals surface area (Å²) < 4.78 is 4.93. The molecule has 0 aliphatic rings. The third-order valence-corrected chi connectivity index (χ3v) is 2.49. The van der Waals surface area contributed by atoms with E-state index in [4.69, 9.17) is 10.3 Å². The minimum atomic E-state index is -0.728. The van der Waals surface area contributed by atoms with Gasteiger partial charge in [0.15, 0.2) is 0 Å². The number of rotatable bonds is 3. The molecule has 2 rings (SSSR count). The molecular weight excluding hydrogens is 216 g/mol. The van der Waals surface area contributed by atoms with E-state index in [1.807, 2.05) is 5.38 Å². The average Bonchev–Trinajstić information content (AvgIpc) is 2.86.